The first-order valence-corrected chi connectivity index (χ1v) is 10.1. The van der Waals surface area contributed by atoms with Gasteiger partial charge in [-0.05, 0) is 43.2 Å². The molecule has 3 aromatic rings. The number of hydrogen-bond donors (Lipinski definition) is 0. The molecule has 0 atom stereocenters. The maximum atomic E-state index is 13.1. The predicted octanol–water partition coefficient (Wildman–Crippen LogP) is 3.58. The van der Waals surface area contributed by atoms with Gasteiger partial charge in [-0.25, -0.2) is 14.2 Å². The van der Waals surface area contributed by atoms with E-state index >= 15 is 0 Å². The fraction of sp³-hybridized carbons (Fsp3) is 0.261. The molecular formula is C23H22FN5O2. The third-order valence-electron chi connectivity index (χ3n) is 5.17. The maximum absolute atomic E-state index is 13.1. The zero-order chi connectivity index (χ0) is 21.8. The number of aromatic nitrogens is 3. The Morgan fingerprint density at radius 1 is 1.06 bits per heavy atom. The topological polar surface area (TPSA) is 79.3 Å². The SMILES string of the molecule is Cc1cnc(CCC(=O)c2ccnc(N3CCN(Cc4ccc(F)cc4)C3=O)c2)cn1. The summed E-state index contributed by atoms with van der Waals surface area (Å²) in [5.74, 6) is 0.103. The van der Waals surface area contributed by atoms with Crippen LogP contribution in [0.4, 0.5) is 15.0 Å². The fourth-order valence-corrected chi connectivity index (χ4v) is 3.43. The van der Waals surface area contributed by atoms with Crippen LogP contribution in [0.15, 0.2) is 55.0 Å². The number of amides is 2. The first-order valence-electron chi connectivity index (χ1n) is 10.1. The molecule has 1 aliphatic heterocycles. The van der Waals surface area contributed by atoms with Crippen molar-refractivity contribution in [3.8, 4) is 0 Å². The van der Waals surface area contributed by atoms with Crippen molar-refractivity contribution in [2.45, 2.75) is 26.3 Å². The molecule has 158 valence electrons. The monoisotopic (exact) mass is 419 g/mol. The van der Waals surface area contributed by atoms with Crippen molar-refractivity contribution < 1.29 is 14.0 Å². The van der Waals surface area contributed by atoms with Crippen molar-refractivity contribution in [2.24, 2.45) is 0 Å². The highest BCUT2D eigenvalue weighted by atomic mass is 19.1. The van der Waals surface area contributed by atoms with Crippen molar-refractivity contribution in [1.82, 2.24) is 19.9 Å². The van der Waals surface area contributed by atoms with Crippen LogP contribution in [0.1, 0.15) is 33.7 Å². The van der Waals surface area contributed by atoms with Crippen LogP contribution in [0.2, 0.25) is 0 Å². The molecule has 2 amide bonds. The van der Waals surface area contributed by atoms with Crippen LogP contribution in [-0.4, -0.2) is 44.8 Å². The molecule has 1 saturated heterocycles. The van der Waals surface area contributed by atoms with E-state index in [1.54, 1.807) is 52.7 Å². The minimum Gasteiger partial charge on any atom is -0.318 e. The average Bonchev–Trinajstić information content (AvgIpc) is 3.15. The Labute approximate surface area is 179 Å². The number of urea groups is 1. The Bertz CT molecular complexity index is 1090. The van der Waals surface area contributed by atoms with Gasteiger partial charge in [-0.1, -0.05) is 12.1 Å². The summed E-state index contributed by atoms with van der Waals surface area (Å²) in [5.41, 5.74) is 2.96. The zero-order valence-corrected chi connectivity index (χ0v) is 17.2. The van der Waals surface area contributed by atoms with Gasteiger partial charge in [-0.2, -0.15) is 0 Å². The first kappa shape index (κ1) is 20.6. The first-order chi connectivity index (χ1) is 15.0. The van der Waals surface area contributed by atoms with E-state index in [4.69, 9.17) is 0 Å². The predicted molar refractivity (Wildman–Crippen MR) is 113 cm³/mol. The van der Waals surface area contributed by atoms with Crippen LogP contribution >= 0.6 is 0 Å². The summed E-state index contributed by atoms with van der Waals surface area (Å²) in [6.45, 7) is 3.26. The van der Waals surface area contributed by atoms with Gasteiger partial charge in [0.25, 0.3) is 0 Å². The molecular weight excluding hydrogens is 397 g/mol. The molecule has 7 nitrogen and oxygen atoms in total. The molecule has 0 saturated carbocycles. The lowest BCUT2D eigenvalue weighted by Gasteiger charge is -2.18. The van der Waals surface area contributed by atoms with Gasteiger partial charge in [0.05, 0.1) is 11.4 Å². The summed E-state index contributed by atoms with van der Waals surface area (Å²) >= 11 is 0. The third-order valence-corrected chi connectivity index (χ3v) is 5.17. The average molecular weight is 419 g/mol. The second-order valence-electron chi connectivity index (χ2n) is 7.46. The van der Waals surface area contributed by atoms with Gasteiger partial charge in [0.2, 0.25) is 0 Å². The van der Waals surface area contributed by atoms with E-state index in [0.717, 1.165) is 17.0 Å². The summed E-state index contributed by atoms with van der Waals surface area (Å²) in [4.78, 5) is 41.5. The second-order valence-corrected chi connectivity index (χ2v) is 7.46. The van der Waals surface area contributed by atoms with Crippen LogP contribution in [0, 0.1) is 12.7 Å². The second kappa shape index (κ2) is 8.99. The smallest absolute Gasteiger partial charge is 0.318 e. The van der Waals surface area contributed by atoms with Crippen LogP contribution in [0.25, 0.3) is 0 Å². The van der Waals surface area contributed by atoms with Gasteiger partial charge < -0.3 is 4.90 Å². The van der Waals surface area contributed by atoms with Gasteiger partial charge in [0.1, 0.15) is 11.6 Å². The minimum atomic E-state index is -0.307. The Kier molecular flexibility index (Phi) is 5.97. The summed E-state index contributed by atoms with van der Waals surface area (Å²) in [5, 5.41) is 0. The van der Waals surface area contributed by atoms with E-state index in [0.29, 0.717) is 43.9 Å². The van der Waals surface area contributed by atoms with Gasteiger partial charge in [-0.3, -0.25) is 19.7 Å². The van der Waals surface area contributed by atoms with E-state index in [-0.39, 0.29) is 17.6 Å². The molecule has 8 heteroatoms. The number of Topliss-reactive ketones (excluding diaryl/α,β-unsaturated/α-hetero) is 1. The Morgan fingerprint density at radius 2 is 1.87 bits per heavy atom. The van der Waals surface area contributed by atoms with Crippen molar-refractivity contribution in [1.29, 1.82) is 0 Å². The lowest BCUT2D eigenvalue weighted by Crippen LogP contribution is -2.32. The summed E-state index contributed by atoms with van der Waals surface area (Å²) in [7, 11) is 0. The zero-order valence-electron chi connectivity index (χ0n) is 17.2. The van der Waals surface area contributed by atoms with Crippen LogP contribution < -0.4 is 4.90 Å². The molecule has 1 aliphatic rings. The number of rotatable bonds is 7. The standard InChI is InChI=1S/C23H22FN5O2/c1-16-13-27-20(14-26-16)6-7-21(30)18-8-9-25-22(12-18)29-11-10-28(23(29)31)15-17-2-4-19(24)5-3-17/h2-5,8-9,12-14H,6-7,10-11,15H2,1H3. The molecule has 1 aromatic carbocycles. The molecule has 0 aliphatic carbocycles. The number of carbonyl (C=O) groups is 2. The van der Waals surface area contributed by atoms with E-state index in [2.05, 4.69) is 15.0 Å². The third kappa shape index (κ3) is 4.91. The van der Waals surface area contributed by atoms with E-state index in [1.165, 1.54) is 12.1 Å². The fourth-order valence-electron chi connectivity index (χ4n) is 3.43. The van der Waals surface area contributed by atoms with Gasteiger partial charge in [0, 0.05) is 50.2 Å². The van der Waals surface area contributed by atoms with Gasteiger partial charge in [-0.15, -0.1) is 0 Å². The van der Waals surface area contributed by atoms with Gasteiger partial charge in [0.15, 0.2) is 5.78 Å². The highest BCUT2D eigenvalue weighted by Crippen LogP contribution is 2.21. The number of aryl methyl sites for hydroxylation is 2. The summed E-state index contributed by atoms with van der Waals surface area (Å²) < 4.78 is 13.1. The Hall–Kier alpha value is -3.68. The molecule has 2 aromatic heterocycles. The van der Waals surface area contributed by atoms with Crippen LogP contribution in [0.3, 0.4) is 0 Å². The molecule has 0 radical (unpaired) electrons. The molecule has 3 heterocycles. The molecule has 0 N–H and O–H groups in total. The molecule has 1 fully saturated rings. The number of ketones is 1. The van der Waals surface area contributed by atoms with Crippen molar-refractivity contribution in [2.75, 3.05) is 18.0 Å². The van der Waals surface area contributed by atoms with Crippen molar-refractivity contribution in [3.05, 3.63) is 83.3 Å². The lowest BCUT2D eigenvalue weighted by molar-refractivity contribution is 0.0982. The van der Waals surface area contributed by atoms with Crippen LogP contribution in [-0.2, 0) is 13.0 Å². The molecule has 0 spiro atoms. The number of carbonyl (C=O) groups excluding carboxylic acids is 2. The summed E-state index contributed by atoms with van der Waals surface area (Å²) in [6, 6.07) is 9.23. The number of hydrogen-bond acceptors (Lipinski definition) is 5. The highest BCUT2D eigenvalue weighted by Gasteiger charge is 2.30. The summed E-state index contributed by atoms with van der Waals surface area (Å²) in [6.07, 6.45) is 5.70. The lowest BCUT2D eigenvalue weighted by atomic mass is 10.1. The number of benzene rings is 1. The molecule has 4 rings (SSSR count). The Balaban J connectivity index is 1.40. The largest absolute Gasteiger partial charge is 0.326 e. The Morgan fingerprint density at radius 3 is 2.61 bits per heavy atom. The highest BCUT2D eigenvalue weighted by molar-refractivity contribution is 5.98. The number of pyridine rings is 1. The molecule has 31 heavy (non-hydrogen) atoms. The van der Waals surface area contributed by atoms with Crippen LogP contribution in [0.5, 0.6) is 0 Å². The molecule has 0 bridgehead atoms. The molecule has 0 unspecified atom stereocenters. The van der Waals surface area contributed by atoms with Gasteiger partial charge >= 0.3 is 6.03 Å². The van der Waals surface area contributed by atoms with E-state index in [9.17, 15) is 14.0 Å². The number of nitrogens with zero attached hydrogens (tertiary/aromatic N) is 5. The normalized spacial score (nSPS) is 13.7. The van der Waals surface area contributed by atoms with E-state index in [1.807, 2.05) is 6.92 Å². The number of halogens is 1. The number of anilines is 1. The maximum Gasteiger partial charge on any atom is 0.326 e. The minimum absolute atomic E-state index is 0.0409. The van der Waals surface area contributed by atoms with Crippen molar-refractivity contribution >= 4 is 17.6 Å². The van der Waals surface area contributed by atoms with E-state index < -0.39 is 0 Å². The van der Waals surface area contributed by atoms with Crippen molar-refractivity contribution in [3.63, 3.8) is 0 Å². The quantitative estimate of drug-likeness (QED) is 0.547.